The van der Waals surface area contributed by atoms with Crippen molar-refractivity contribution < 1.29 is 14.4 Å². The normalized spacial score (nSPS) is 13.5. The number of nitrogens with zero attached hydrogens (tertiary/aromatic N) is 2. The fraction of sp³-hybridized carbons (Fsp3) is 0.458. The number of rotatable bonds is 12. The van der Waals surface area contributed by atoms with Gasteiger partial charge in [-0.3, -0.25) is 14.4 Å². The highest BCUT2D eigenvalue weighted by molar-refractivity contribution is 7.18. The average Bonchev–Trinajstić information content (AvgIpc) is 3.20. The van der Waals surface area contributed by atoms with E-state index in [0.29, 0.717) is 17.9 Å². The zero-order chi connectivity index (χ0) is 24.5. The van der Waals surface area contributed by atoms with Crippen LogP contribution < -0.4 is 10.6 Å². The Morgan fingerprint density at radius 1 is 1.33 bits per heavy atom. The van der Waals surface area contributed by atoms with Crippen molar-refractivity contribution in [3.05, 3.63) is 40.4 Å². The number of hydrogen-bond donors (Lipinski definition) is 2. The minimum atomic E-state index is -0.614. The first-order valence-electron chi connectivity index (χ1n) is 10.9. The summed E-state index contributed by atoms with van der Waals surface area (Å²) in [7, 11) is 1.53. The standard InChI is InChI=1S/C24H29ClN4O3S/c1-5-14(2)18(8-9-20(30)15(3)13-26)29-24(32)16(10-22(31)27-4)11-23-28-19-7-6-17(25)12-21(19)33-23/h6-7,12,14,16,18H,3,5,8-11H2,1-2,4H3,(H,27,31)(H,29,32)/t14-,16-,18+/m0/s1. The predicted octanol–water partition coefficient (Wildman–Crippen LogP) is 4.20. The summed E-state index contributed by atoms with van der Waals surface area (Å²) in [6.45, 7) is 7.47. The highest BCUT2D eigenvalue weighted by Gasteiger charge is 2.27. The molecule has 1 aromatic carbocycles. The van der Waals surface area contributed by atoms with Crippen molar-refractivity contribution in [1.29, 1.82) is 5.26 Å². The number of aromatic nitrogens is 1. The molecule has 0 unspecified atom stereocenters. The number of nitrogens with one attached hydrogen (secondary N) is 2. The van der Waals surface area contributed by atoms with Gasteiger partial charge in [0, 0.05) is 37.4 Å². The van der Waals surface area contributed by atoms with E-state index < -0.39 is 5.92 Å². The second-order valence-electron chi connectivity index (χ2n) is 8.05. The van der Waals surface area contributed by atoms with E-state index in [4.69, 9.17) is 16.9 Å². The topological polar surface area (TPSA) is 112 Å². The van der Waals surface area contributed by atoms with Crippen molar-refractivity contribution >= 4 is 50.8 Å². The quantitative estimate of drug-likeness (QED) is 0.343. The molecule has 0 aliphatic heterocycles. The molecule has 2 amide bonds. The molecule has 0 spiro atoms. The van der Waals surface area contributed by atoms with Crippen molar-refractivity contribution in [2.75, 3.05) is 7.05 Å². The number of ketones is 1. The molecule has 3 atom stereocenters. The molecule has 0 aliphatic carbocycles. The third kappa shape index (κ3) is 7.65. The monoisotopic (exact) mass is 488 g/mol. The van der Waals surface area contributed by atoms with Crippen LogP contribution in [0.4, 0.5) is 0 Å². The van der Waals surface area contributed by atoms with Gasteiger partial charge >= 0.3 is 0 Å². The Kier molecular flexibility index (Phi) is 10.0. The second-order valence-corrected chi connectivity index (χ2v) is 9.60. The number of carbonyl (C=O) groups is 3. The molecule has 33 heavy (non-hydrogen) atoms. The summed E-state index contributed by atoms with van der Waals surface area (Å²) in [5.41, 5.74) is 0.713. The molecular formula is C24H29ClN4O3S. The molecule has 2 N–H and O–H groups in total. The fourth-order valence-corrected chi connectivity index (χ4v) is 4.73. The van der Waals surface area contributed by atoms with E-state index in [1.807, 2.05) is 26.0 Å². The highest BCUT2D eigenvalue weighted by Crippen LogP contribution is 2.27. The van der Waals surface area contributed by atoms with E-state index in [9.17, 15) is 14.4 Å². The van der Waals surface area contributed by atoms with Gasteiger partial charge in [0.2, 0.25) is 11.8 Å². The van der Waals surface area contributed by atoms with Crippen molar-refractivity contribution in [2.45, 2.75) is 52.0 Å². The summed E-state index contributed by atoms with van der Waals surface area (Å²) in [4.78, 5) is 42.0. The molecule has 0 bridgehead atoms. The maximum absolute atomic E-state index is 13.2. The van der Waals surface area contributed by atoms with E-state index in [1.54, 1.807) is 12.1 Å². The lowest BCUT2D eigenvalue weighted by molar-refractivity contribution is -0.131. The van der Waals surface area contributed by atoms with Gasteiger partial charge in [-0.2, -0.15) is 5.26 Å². The van der Waals surface area contributed by atoms with E-state index in [1.165, 1.54) is 18.4 Å². The van der Waals surface area contributed by atoms with Gasteiger partial charge in [0.05, 0.1) is 26.7 Å². The van der Waals surface area contributed by atoms with Crippen LogP contribution >= 0.6 is 22.9 Å². The van der Waals surface area contributed by atoms with Gasteiger partial charge in [-0.05, 0) is 30.5 Å². The summed E-state index contributed by atoms with van der Waals surface area (Å²) in [5, 5.41) is 15.9. The number of Topliss-reactive ketones (excluding diaryl/α,β-unsaturated/α-hetero) is 1. The number of amides is 2. The third-order valence-electron chi connectivity index (χ3n) is 5.71. The largest absolute Gasteiger partial charge is 0.359 e. The lowest BCUT2D eigenvalue weighted by Gasteiger charge is -2.26. The van der Waals surface area contributed by atoms with Crippen LogP contribution in [0.25, 0.3) is 10.2 Å². The number of fused-ring (bicyclic) bond motifs is 1. The number of thiazole rings is 1. The Bertz CT molecular complexity index is 1080. The summed E-state index contributed by atoms with van der Waals surface area (Å²) >= 11 is 7.52. The Morgan fingerprint density at radius 3 is 2.70 bits per heavy atom. The lowest BCUT2D eigenvalue weighted by Crippen LogP contribution is -2.44. The van der Waals surface area contributed by atoms with Crippen molar-refractivity contribution in [2.24, 2.45) is 11.8 Å². The molecule has 0 saturated carbocycles. The Hall–Kier alpha value is -2.76. The SMILES string of the molecule is C=C(C#N)C(=O)CC[C@@H](NC(=O)[C@@H](CC(=O)NC)Cc1nc2ccc(Cl)cc2s1)[C@@H](C)CC. The van der Waals surface area contributed by atoms with Crippen LogP contribution in [-0.4, -0.2) is 35.7 Å². The first-order chi connectivity index (χ1) is 15.7. The lowest BCUT2D eigenvalue weighted by atomic mass is 9.91. The maximum atomic E-state index is 13.2. The molecule has 0 fully saturated rings. The van der Waals surface area contributed by atoms with Gasteiger partial charge < -0.3 is 10.6 Å². The van der Waals surface area contributed by atoms with E-state index in [-0.39, 0.29) is 48.0 Å². The first kappa shape index (κ1) is 26.5. The molecule has 9 heteroatoms. The number of nitriles is 1. The predicted molar refractivity (Wildman–Crippen MR) is 131 cm³/mol. The van der Waals surface area contributed by atoms with E-state index >= 15 is 0 Å². The fourth-order valence-electron chi connectivity index (χ4n) is 3.41. The molecule has 1 heterocycles. The Balaban J connectivity index is 2.18. The van der Waals surface area contributed by atoms with Gasteiger partial charge in [0.1, 0.15) is 6.07 Å². The number of hydrogen-bond acceptors (Lipinski definition) is 6. The van der Waals surface area contributed by atoms with Gasteiger partial charge in [-0.25, -0.2) is 4.98 Å². The zero-order valence-corrected chi connectivity index (χ0v) is 20.7. The summed E-state index contributed by atoms with van der Waals surface area (Å²) < 4.78 is 0.922. The molecule has 1 aromatic heterocycles. The van der Waals surface area contributed by atoms with Crippen molar-refractivity contribution in [3.63, 3.8) is 0 Å². The van der Waals surface area contributed by atoms with Gasteiger partial charge in [-0.15, -0.1) is 11.3 Å². The van der Waals surface area contributed by atoms with Crippen LogP contribution in [0.5, 0.6) is 0 Å². The summed E-state index contributed by atoms with van der Waals surface area (Å²) in [6, 6.07) is 6.93. The van der Waals surface area contributed by atoms with Crippen molar-refractivity contribution in [3.8, 4) is 6.07 Å². The summed E-state index contributed by atoms with van der Waals surface area (Å²) in [5.74, 6) is -1.32. The van der Waals surface area contributed by atoms with Crippen LogP contribution in [0.2, 0.25) is 5.02 Å². The van der Waals surface area contributed by atoms with Gasteiger partial charge in [-0.1, -0.05) is 38.4 Å². The average molecular weight is 489 g/mol. The van der Waals surface area contributed by atoms with Gasteiger partial charge in [0.25, 0.3) is 0 Å². The number of halogens is 1. The molecule has 0 saturated heterocycles. The molecule has 7 nitrogen and oxygen atoms in total. The number of carbonyl (C=O) groups excluding carboxylic acids is 3. The van der Waals surface area contributed by atoms with E-state index in [2.05, 4.69) is 22.2 Å². The molecule has 2 aromatic rings. The molecule has 0 radical (unpaired) electrons. The Morgan fingerprint density at radius 2 is 2.06 bits per heavy atom. The van der Waals surface area contributed by atoms with Crippen LogP contribution in [0.15, 0.2) is 30.4 Å². The first-order valence-corrected chi connectivity index (χ1v) is 12.1. The number of allylic oxidation sites excluding steroid dienone is 1. The van der Waals surface area contributed by atoms with Gasteiger partial charge in [0.15, 0.2) is 5.78 Å². The molecule has 0 aliphatic rings. The Labute approximate surface area is 203 Å². The highest BCUT2D eigenvalue weighted by atomic mass is 35.5. The zero-order valence-electron chi connectivity index (χ0n) is 19.1. The van der Waals surface area contributed by atoms with Crippen LogP contribution in [0.1, 0.15) is 44.5 Å². The third-order valence-corrected chi connectivity index (χ3v) is 6.99. The minimum absolute atomic E-state index is 0.0242. The van der Waals surface area contributed by atoms with Crippen LogP contribution in [0.3, 0.4) is 0 Å². The minimum Gasteiger partial charge on any atom is -0.359 e. The molecular weight excluding hydrogens is 460 g/mol. The van der Waals surface area contributed by atoms with Crippen LogP contribution in [0, 0.1) is 23.2 Å². The molecule has 176 valence electrons. The second kappa shape index (κ2) is 12.5. The van der Waals surface area contributed by atoms with Crippen molar-refractivity contribution in [1.82, 2.24) is 15.6 Å². The van der Waals surface area contributed by atoms with E-state index in [0.717, 1.165) is 21.6 Å². The summed E-state index contributed by atoms with van der Waals surface area (Å²) in [6.07, 6.45) is 1.66. The molecule has 2 rings (SSSR count). The maximum Gasteiger partial charge on any atom is 0.224 e. The van der Waals surface area contributed by atoms with Crippen LogP contribution in [-0.2, 0) is 20.8 Å². The smallest absolute Gasteiger partial charge is 0.224 e. The number of benzene rings is 1.